The van der Waals surface area contributed by atoms with Gasteiger partial charge in [0.05, 0.1) is 10.4 Å². The van der Waals surface area contributed by atoms with Crippen LogP contribution in [0.2, 0.25) is 0 Å². The Kier molecular flexibility index (Phi) is 3.88. The molecule has 0 radical (unpaired) electrons. The van der Waals surface area contributed by atoms with Gasteiger partial charge in [-0.25, -0.2) is 4.21 Å². The van der Waals surface area contributed by atoms with Gasteiger partial charge < -0.3 is 0 Å². The van der Waals surface area contributed by atoms with E-state index in [0.717, 1.165) is 22.0 Å². The van der Waals surface area contributed by atoms with Gasteiger partial charge in [0.2, 0.25) is 0 Å². The molecule has 0 spiro atoms. The maximum Gasteiger partial charge on any atom is 0.172 e. The summed E-state index contributed by atoms with van der Waals surface area (Å²) in [5.74, 6) is 0. The van der Waals surface area contributed by atoms with Crippen molar-refractivity contribution < 1.29 is 4.21 Å². The second kappa shape index (κ2) is 5.97. The maximum atomic E-state index is 12.2. The van der Waals surface area contributed by atoms with Crippen molar-refractivity contribution in [1.29, 1.82) is 0 Å². The summed E-state index contributed by atoms with van der Waals surface area (Å²) in [6, 6.07) is 17.3. The molecule has 21 heavy (non-hydrogen) atoms. The van der Waals surface area contributed by atoms with E-state index in [2.05, 4.69) is 9.38 Å². The zero-order valence-corrected chi connectivity index (χ0v) is 12.4. The highest BCUT2D eigenvalue weighted by atomic mass is 32.2. The molecule has 0 unspecified atom stereocenters. The molecule has 0 aliphatic carbocycles. The molecule has 0 saturated heterocycles. The third-order valence-electron chi connectivity index (χ3n) is 3.17. The SMILES string of the molecule is Cc1ccc([S@](=O)/N=C/c2cccc3cccnc23)cc1. The van der Waals surface area contributed by atoms with Crippen LogP contribution in [0.5, 0.6) is 0 Å². The smallest absolute Gasteiger partial charge is 0.172 e. The van der Waals surface area contributed by atoms with Crippen molar-refractivity contribution in [3.05, 3.63) is 71.9 Å². The first-order valence-electron chi connectivity index (χ1n) is 6.60. The number of fused-ring (bicyclic) bond motifs is 1. The van der Waals surface area contributed by atoms with Gasteiger partial charge in [0, 0.05) is 23.4 Å². The lowest BCUT2D eigenvalue weighted by atomic mass is 10.1. The van der Waals surface area contributed by atoms with E-state index in [4.69, 9.17) is 0 Å². The topological polar surface area (TPSA) is 42.3 Å². The molecule has 0 fully saturated rings. The van der Waals surface area contributed by atoms with Crippen LogP contribution in [-0.4, -0.2) is 15.4 Å². The molecule has 3 rings (SSSR count). The largest absolute Gasteiger partial charge is 0.256 e. The van der Waals surface area contributed by atoms with Gasteiger partial charge in [-0.2, -0.15) is 4.40 Å². The third kappa shape index (κ3) is 3.06. The van der Waals surface area contributed by atoms with Crippen LogP contribution >= 0.6 is 0 Å². The Balaban J connectivity index is 1.91. The summed E-state index contributed by atoms with van der Waals surface area (Å²) in [4.78, 5) is 5.05. The van der Waals surface area contributed by atoms with E-state index in [0.29, 0.717) is 4.90 Å². The highest BCUT2D eigenvalue weighted by Crippen LogP contribution is 2.15. The van der Waals surface area contributed by atoms with Crippen molar-refractivity contribution in [3.63, 3.8) is 0 Å². The fourth-order valence-electron chi connectivity index (χ4n) is 2.05. The molecule has 0 aliphatic rings. The lowest BCUT2D eigenvalue weighted by Gasteiger charge is -2.00. The summed E-state index contributed by atoms with van der Waals surface area (Å²) in [7, 11) is -1.39. The maximum absolute atomic E-state index is 12.2. The van der Waals surface area contributed by atoms with E-state index >= 15 is 0 Å². The van der Waals surface area contributed by atoms with Crippen LogP contribution in [0.1, 0.15) is 11.1 Å². The van der Waals surface area contributed by atoms with Crippen LogP contribution in [0.3, 0.4) is 0 Å². The van der Waals surface area contributed by atoms with Crippen LogP contribution in [0, 0.1) is 6.92 Å². The predicted octanol–water partition coefficient (Wildman–Crippen LogP) is 3.68. The zero-order chi connectivity index (χ0) is 14.7. The van der Waals surface area contributed by atoms with E-state index in [-0.39, 0.29) is 0 Å². The molecule has 0 N–H and O–H groups in total. The Labute approximate surface area is 126 Å². The Bertz CT molecular complexity index is 820. The number of hydrogen-bond donors (Lipinski definition) is 0. The van der Waals surface area contributed by atoms with E-state index in [9.17, 15) is 4.21 Å². The summed E-state index contributed by atoms with van der Waals surface area (Å²) in [6.07, 6.45) is 3.38. The van der Waals surface area contributed by atoms with Gasteiger partial charge in [-0.1, -0.05) is 42.0 Å². The number of aryl methyl sites for hydroxylation is 1. The van der Waals surface area contributed by atoms with Gasteiger partial charge in [-0.15, -0.1) is 0 Å². The molecule has 0 amide bonds. The Morgan fingerprint density at radius 3 is 2.62 bits per heavy atom. The Hall–Kier alpha value is -2.33. The van der Waals surface area contributed by atoms with Crippen molar-refractivity contribution in [3.8, 4) is 0 Å². The van der Waals surface area contributed by atoms with E-state index in [1.54, 1.807) is 12.4 Å². The highest BCUT2D eigenvalue weighted by molar-refractivity contribution is 7.83. The van der Waals surface area contributed by atoms with Crippen molar-refractivity contribution in [2.24, 2.45) is 4.40 Å². The number of para-hydroxylation sites is 1. The molecule has 1 aromatic heterocycles. The summed E-state index contributed by atoms with van der Waals surface area (Å²) >= 11 is 0. The minimum atomic E-state index is -1.39. The quantitative estimate of drug-likeness (QED) is 0.691. The van der Waals surface area contributed by atoms with Gasteiger partial charge in [0.25, 0.3) is 0 Å². The van der Waals surface area contributed by atoms with Crippen molar-refractivity contribution >= 4 is 28.1 Å². The van der Waals surface area contributed by atoms with Crippen molar-refractivity contribution in [2.45, 2.75) is 11.8 Å². The molecular formula is C17H14N2OS. The average Bonchev–Trinajstić information content (AvgIpc) is 2.53. The van der Waals surface area contributed by atoms with Crippen LogP contribution < -0.4 is 0 Å². The van der Waals surface area contributed by atoms with E-state index in [1.807, 2.05) is 61.5 Å². The number of nitrogens with zero attached hydrogens (tertiary/aromatic N) is 2. The summed E-state index contributed by atoms with van der Waals surface area (Å²) < 4.78 is 16.3. The van der Waals surface area contributed by atoms with Crippen LogP contribution in [0.25, 0.3) is 10.9 Å². The molecule has 1 atom stereocenters. The van der Waals surface area contributed by atoms with Crippen molar-refractivity contribution in [1.82, 2.24) is 4.98 Å². The molecule has 3 nitrogen and oxygen atoms in total. The fraction of sp³-hybridized carbons (Fsp3) is 0.0588. The van der Waals surface area contributed by atoms with Crippen LogP contribution in [0.15, 0.2) is 70.1 Å². The van der Waals surface area contributed by atoms with Gasteiger partial charge >= 0.3 is 0 Å². The average molecular weight is 294 g/mol. The number of benzene rings is 2. The molecule has 0 saturated carbocycles. The third-order valence-corrected chi connectivity index (χ3v) is 4.15. The number of hydrogen-bond acceptors (Lipinski definition) is 2. The molecule has 3 aromatic rings. The molecule has 0 aliphatic heterocycles. The molecule has 104 valence electrons. The second-order valence-electron chi connectivity index (χ2n) is 4.72. The summed E-state index contributed by atoms with van der Waals surface area (Å²) in [5, 5.41) is 1.04. The monoisotopic (exact) mass is 294 g/mol. The summed E-state index contributed by atoms with van der Waals surface area (Å²) in [5.41, 5.74) is 2.87. The molecule has 4 heteroatoms. The molecule has 1 heterocycles. The first kappa shape index (κ1) is 13.6. The van der Waals surface area contributed by atoms with E-state index in [1.165, 1.54) is 0 Å². The van der Waals surface area contributed by atoms with Crippen LogP contribution in [-0.2, 0) is 11.0 Å². The first-order chi connectivity index (χ1) is 10.2. The molecular weight excluding hydrogens is 280 g/mol. The van der Waals surface area contributed by atoms with Gasteiger partial charge in [-0.05, 0) is 25.1 Å². The number of aromatic nitrogens is 1. The van der Waals surface area contributed by atoms with E-state index < -0.39 is 11.0 Å². The first-order valence-corrected chi connectivity index (χ1v) is 7.71. The minimum Gasteiger partial charge on any atom is -0.256 e. The van der Waals surface area contributed by atoms with Gasteiger partial charge in [0.1, 0.15) is 0 Å². The number of pyridine rings is 1. The summed E-state index contributed by atoms with van der Waals surface area (Å²) in [6.45, 7) is 2.00. The Morgan fingerprint density at radius 1 is 1.05 bits per heavy atom. The standard InChI is InChI=1S/C17H14N2OS/c1-13-7-9-16(10-8-13)21(20)19-12-15-5-2-4-14-6-3-11-18-17(14)15/h2-12H,1H3/b19-12+/t21-/m0/s1. The lowest BCUT2D eigenvalue weighted by Crippen LogP contribution is -1.91. The van der Waals surface area contributed by atoms with Crippen molar-refractivity contribution in [2.75, 3.05) is 0 Å². The van der Waals surface area contributed by atoms with Gasteiger partial charge in [-0.3, -0.25) is 4.98 Å². The number of rotatable bonds is 3. The lowest BCUT2D eigenvalue weighted by molar-refractivity contribution is 0.684. The predicted molar refractivity (Wildman–Crippen MR) is 86.9 cm³/mol. The van der Waals surface area contributed by atoms with Crippen LogP contribution in [0.4, 0.5) is 0 Å². The van der Waals surface area contributed by atoms with Gasteiger partial charge in [0.15, 0.2) is 11.0 Å². The second-order valence-corrected chi connectivity index (χ2v) is 5.90. The highest BCUT2D eigenvalue weighted by Gasteiger charge is 2.02. The molecule has 0 bridgehead atoms. The zero-order valence-electron chi connectivity index (χ0n) is 11.6. The Morgan fingerprint density at radius 2 is 1.81 bits per heavy atom. The fourth-order valence-corrected chi connectivity index (χ4v) is 2.75. The minimum absolute atomic E-state index is 0.699. The molecule has 2 aromatic carbocycles. The normalized spacial score (nSPS) is 12.8.